The fourth-order valence-corrected chi connectivity index (χ4v) is 1.92. The second-order valence-corrected chi connectivity index (χ2v) is 3.65. The lowest BCUT2D eigenvalue weighted by Gasteiger charge is -2.08. The molecule has 0 aromatic heterocycles. The van der Waals surface area contributed by atoms with Crippen LogP contribution in [-0.4, -0.2) is 6.54 Å². The molecule has 1 atom stereocenters. The molecule has 0 aliphatic rings. The molecule has 1 unspecified atom stereocenters. The zero-order valence-electron chi connectivity index (χ0n) is 6.00. The predicted octanol–water partition coefficient (Wildman–Crippen LogP) is 2.60. The summed E-state index contributed by atoms with van der Waals surface area (Å²) in [6.07, 6.45) is 0. The van der Waals surface area contributed by atoms with E-state index in [0.717, 1.165) is 6.54 Å². The minimum absolute atomic E-state index is 0.299. The molecule has 1 aromatic rings. The van der Waals surface area contributed by atoms with Crippen molar-refractivity contribution in [3.63, 3.8) is 0 Å². The topological polar surface area (TPSA) is 12.0 Å². The van der Waals surface area contributed by atoms with Gasteiger partial charge < -0.3 is 0 Å². The Labute approximate surface area is 86.5 Å². The van der Waals surface area contributed by atoms with Gasteiger partial charge in [0.05, 0.1) is 0 Å². The van der Waals surface area contributed by atoms with Crippen molar-refractivity contribution in [3.8, 4) is 0 Å². The lowest BCUT2D eigenvalue weighted by Crippen LogP contribution is -2.07. The zero-order chi connectivity index (χ0) is 8.10. The highest BCUT2D eigenvalue weighted by Crippen LogP contribution is 2.18. The Morgan fingerprint density at radius 2 is 2.00 bits per heavy atom. The molecule has 0 heterocycles. The van der Waals surface area contributed by atoms with Gasteiger partial charge in [0.1, 0.15) is 0 Å². The van der Waals surface area contributed by atoms with E-state index in [-0.39, 0.29) is 0 Å². The summed E-state index contributed by atoms with van der Waals surface area (Å²) in [5.41, 5.74) is 1.26. The smallest absolute Gasteiger partial charge is 0.0399 e. The first kappa shape index (κ1) is 9.35. The number of halogens is 1. The van der Waals surface area contributed by atoms with Crippen molar-refractivity contribution >= 4 is 35.5 Å². The fraction of sp³-hybridized carbons (Fsp3) is 0.250. The zero-order valence-corrected chi connectivity index (χ0v) is 9.05. The Morgan fingerprint density at radius 3 is 2.55 bits per heavy atom. The lowest BCUT2D eigenvalue weighted by molar-refractivity contribution is 0.915. The first-order valence-corrected chi connectivity index (χ1v) is 5.00. The van der Waals surface area contributed by atoms with E-state index < -0.39 is 0 Å². The average Bonchev–Trinajstić information content (AvgIpc) is 2.07. The highest BCUT2D eigenvalue weighted by molar-refractivity contribution is 14.1. The molecule has 0 saturated heterocycles. The first-order chi connectivity index (χ1) is 5.34. The van der Waals surface area contributed by atoms with Gasteiger partial charge in [0, 0.05) is 34.7 Å². The monoisotopic (exact) mass is 279 g/mol. The van der Waals surface area contributed by atoms with Gasteiger partial charge in [-0.1, -0.05) is 30.3 Å². The van der Waals surface area contributed by atoms with E-state index in [1.54, 1.807) is 0 Å². The molecule has 0 amide bonds. The van der Waals surface area contributed by atoms with E-state index in [0.29, 0.717) is 5.25 Å². The molecule has 3 heteroatoms. The van der Waals surface area contributed by atoms with Gasteiger partial charge >= 0.3 is 0 Å². The van der Waals surface area contributed by atoms with Gasteiger partial charge in [-0.15, -0.1) is 0 Å². The molecule has 1 nitrogen and oxygen atoms in total. The van der Waals surface area contributed by atoms with Crippen molar-refractivity contribution in [2.45, 2.75) is 5.25 Å². The van der Waals surface area contributed by atoms with Gasteiger partial charge in [0.25, 0.3) is 0 Å². The Balaban J connectivity index is 2.61. The summed E-state index contributed by atoms with van der Waals surface area (Å²) in [6.45, 7) is 0.897. The Hall–Kier alpha value is 0.260. The molecule has 0 saturated carbocycles. The molecule has 0 fully saturated rings. The summed E-state index contributed by atoms with van der Waals surface area (Å²) in [4.78, 5) is 0. The van der Waals surface area contributed by atoms with Crippen LogP contribution in [0, 0.1) is 0 Å². The maximum absolute atomic E-state index is 4.43. The van der Waals surface area contributed by atoms with Crippen molar-refractivity contribution in [2.24, 2.45) is 0 Å². The molecule has 0 spiro atoms. The predicted molar refractivity (Wildman–Crippen MR) is 60.2 cm³/mol. The molecule has 1 aromatic carbocycles. The largest absolute Gasteiger partial charge is 0.260 e. The van der Waals surface area contributed by atoms with Gasteiger partial charge in [-0.3, -0.25) is 3.53 Å². The van der Waals surface area contributed by atoms with Crippen molar-refractivity contribution in [3.05, 3.63) is 35.9 Å². The SMILES string of the molecule is SC(CNI)c1ccccc1. The quantitative estimate of drug-likeness (QED) is 0.492. The highest BCUT2D eigenvalue weighted by atomic mass is 127. The van der Waals surface area contributed by atoms with Crippen LogP contribution in [0.15, 0.2) is 30.3 Å². The van der Waals surface area contributed by atoms with Crippen LogP contribution in [0.5, 0.6) is 0 Å². The van der Waals surface area contributed by atoms with E-state index in [1.165, 1.54) is 5.56 Å². The number of nitrogens with one attached hydrogen (secondary N) is 1. The van der Waals surface area contributed by atoms with Crippen molar-refractivity contribution in [1.29, 1.82) is 0 Å². The molecular weight excluding hydrogens is 269 g/mol. The normalized spacial score (nSPS) is 12.9. The third kappa shape index (κ3) is 3.01. The van der Waals surface area contributed by atoms with Gasteiger partial charge in [-0.2, -0.15) is 12.6 Å². The van der Waals surface area contributed by atoms with Gasteiger partial charge in [-0.05, 0) is 5.56 Å². The van der Waals surface area contributed by atoms with E-state index in [4.69, 9.17) is 0 Å². The standard InChI is InChI=1S/C8H10INS/c9-10-6-8(11)7-4-2-1-3-5-7/h1-5,8,10-11H,6H2. The maximum atomic E-state index is 4.43. The van der Waals surface area contributed by atoms with E-state index >= 15 is 0 Å². The second kappa shape index (κ2) is 5.00. The molecule has 11 heavy (non-hydrogen) atoms. The molecule has 0 radical (unpaired) electrons. The molecule has 1 N–H and O–H groups in total. The Morgan fingerprint density at radius 1 is 1.36 bits per heavy atom. The van der Waals surface area contributed by atoms with Gasteiger partial charge in [0.2, 0.25) is 0 Å². The van der Waals surface area contributed by atoms with Crippen molar-refractivity contribution < 1.29 is 0 Å². The molecular formula is C8H10INS. The first-order valence-electron chi connectivity index (χ1n) is 3.41. The van der Waals surface area contributed by atoms with Crippen LogP contribution in [0.25, 0.3) is 0 Å². The minimum atomic E-state index is 0.299. The van der Waals surface area contributed by atoms with Crippen molar-refractivity contribution in [1.82, 2.24) is 3.53 Å². The molecule has 1 rings (SSSR count). The van der Waals surface area contributed by atoms with Crippen LogP contribution in [0.4, 0.5) is 0 Å². The Kier molecular flexibility index (Phi) is 4.25. The third-order valence-corrected chi connectivity index (χ3v) is 2.38. The Bertz CT molecular complexity index is 203. The fourth-order valence-electron chi connectivity index (χ4n) is 0.866. The summed E-state index contributed by atoms with van der Waals surface area (Å²) in [5.74, 6) is 0. The van der Waals surface area contributed by atoms with Crippen LogP contribution in [-0.2, 0) is 0 Å². The summed E-state index contributed by atoms with van der Waals surface area (Å²) >= 11 is 6.56. The lowest BCUT2D eigenvalue weighted by atomic mass is 10.1. The second-order valence-electron chi connectivity index (χ2n) is 2.26. The molecule has 0 aliphatic heterocycles. The number of thiol groups is 1. The van der Waals surface area contributed by atoms with Gasteiger partial charge in [0.15, 0.2) is 0 Å². The molecule has 0 bridgehead atoms. The third-order valence-electron chi connectivity index (χ3n) is 1.45. The van der Waals surface area contributed by atoms with Crippen LogP contribution in [0.3, 0.4) is 0 Å². The highest BCUT2D eigenvalue weighted by Gasteiger charge is 2.02. The maximum Gasteiger partial charge on any atom is 0.0399 e. The van der Waals surface area contributed by atoms with E-state index in [2.05, 4.69) is 51.2 Å². The summed E-state index contributed by atoms with van der Waals surface area (Å²) < 4.78 is 3.06. The van der Waals surface area contributed by atoms with Crippen molar-refractivity contribution in [2.75, 3.05) is 6.54 Å². The molecule has 0 aliphatic carbocycles. The van der Waals surface area contributed by atoms with Gasteiger partial charge in [-0.25, -0.2) is 0 Å². The summed E-state index contributed by atoms with van der Waals surface area (Å²) in [7, 11) is 0. The van der Waals surface area contributed by atoms with Crippen LogP contribution < -0.4 is 3.53 Å². The number of rotatable bonds is 3. The molecule has 60 valence electrons. The number of hydrogen-bond donors (Lipinski definition) is 2. The number of benzene rings is 1. The average molecular weight is 279 g/mol. The summed E-state index contributed by atoms with van der Waals surface area (Å²) in [6, 6.07) is 10.3. The van der Waals surface area contributed by atoms with E-state index in [9.17, 15) is 0 Å². The van der Waals surface area contributed by atoms with Crippen LogP contribution in [0.2, 0.25) is 0 Å². The minimum Gasteiger partial charge on any atom is -0.260 e. The summed E-state index contributed by atoms with van der Waals surface area (Å²) in [5, 5.41) is 0.299. The number of hydrogen-bond acceptors (Lipinski definition) is 2. The van der Waals surface area contributed by atoms with Crippen LogP contribution >= 0.6 is 35.5 Å². The van der Waals surface area contributed by atoms with Crippen LogP contribution in [0.1, 0.15) is 10.8 Å². The van der Waals surface area contributed by atoms with E-state index in [1.807, 2.05) is 18.2 Å².